The lowest BCUT2D eigenvalue weighted by atomic mass is 9.85. The van der Waals surface area contributed by atoms with Gasteiger partial charge in [-0.15, -0.1) is 0 Å². The van der Waals surface area contributed by atoms with Crippen molar-refractivity contribution < 1.29 is 29.0 Å². The smallest absolute Gasteiger partial charge is 0.350 e. The first-order chi connectivity index (χ1) is 21.4. The number of aryl methyl sites for hydroxylation is 2. The summed E-state index contributed by atoms with van der Waals surface area (Å²) >= 11 is 0.979. The number of carbonyl (C=O) groups excluding carboxylic acids is 3. The van der Waals surface area contributed by atoms with Crippen LogP contribution in [-0.2, 0) is 26.3 Å². The summed E-state index contributed by atoms with van der Waals surface area (Å²) in [7, 11) is 0. The number of nitrogens with zero attached hydrogens (tertiary/aromatic N) is 2. The number of aliphatic hydroxyl groups is 1. The molecule has 1 aliphatic heterocycles. The molecule has 0 bridgehead atoms. The lowest BCUT2D eigenvalue weighted by Gasteiger charge is -2.24. The Balaban J connectivity index is 1.55. The van der Waals surface area contributed by atoms with Gasteiger partial charge in [0.05, 0.1) is 23.9 Å². The van der Waals surface area contributed by atoms with Gasteiger partial charge in [-0.1, -0.05) is 86.2 Å². The van der Waals surface area contributed by atoms with Crippen molar-refractivity contribution in [3.63, 3.8) is 0 Å². The van der Waals surface area contributed by atoms with Gasteiger partial charge in [0.15, 0.2) is 5.13 Å². The summed E-state index contributed by atoms with van der Waals surface area (Å²) < 4.78 is 11.1. The van der Waals surface area contributed by atoms with Crippen molar-refractivity contribution in [2.75, 3.05) is 11.5 Å². The van der Waals surface area contributed by atoms with Crippen molar-refractivity contribution in [2.24, 2.45) is 0 Å². The van der Waals surface area contributed by atoms with E-state index in [0.717, 1.165) is 28.0 Å². The van der Waals surface area contributed by atoms with E-state index >= 15 is 0 Å². The molecular weight excluding hydrogens is 588 g/mol. The number of hydrogen-bond acceptors (Lipinski definition) is 8. The van der Waals surface area contributed by atoms with E-state index in [0.29, 0.717) is 29.2 Å². The van der Waals surface area contributed by atoms with Gasteiger partial charge >= 0.3 is 11.9 Å². The molecule has 4 aromatic rings. The zero-order valence-corrected chi connectivity index (χ0v) is 27.0. The molecule has 1 aliphatic rings. The van der Waals surface area contributed by atoms with Crippen LogP contribution in [0.4, 0.5) is 5.13 Å². The predicted octanol–water partition coefficient (Wildman–Crippen LogP) is 7.44. The van der Waals surface area contributed by atoms with Crippen LogP contribution in [0, 0.1) is 13.8 Å². The largest absolute Gasteiger partial charge is 0.507 e. The number of hydrogen-bond donors (Lipinski definition) is 1. The number of thiazole rings is 1. The van der Waals surface area contributed by atoms with E-state index in [1.165, 1.54) is 4.90 Å². The number of amides is 1. The lowest BCUT2D eigenvalue weighted by Crippen LogP contribution is -2.29. The van der Waals surface area contributed by atoms with E-state index in [1.54, 1.807) is 38.1 Å². The first kappa shape index (κ1) is 31.7. The molecule has 5 rings (SSSR count). The maximum atomic E-state index is 13.6. The highest BCUT2D eigenvalue weighted by Crippen LogP contribution is 2.44. The van der Waals surface area contributed by atoms with Crippen molar-refractivity contribution in [3.05, 3.63) is 117 Å². The molecule has 3 aromatic carbocycles. The van der Waals surface area contributed by atoms with E-state index in [4.69, 9.17) is 9.47 Å². The summed E-state index contributed by atoms with van der Waals surface area (Å²) in [5, 5.41) is 11.8. The van der Waals surface area contributed by atoms with Crippen molar-refractivity contribution in [1.82, 2.24) is 4.98 Å². The van der Waals surface area contributed by atoms with Crippen LogP contribution in [0.5, 0.6) is 5.75 Å². The molecule has 0 spiro atoms. The fourth-order valence-electron chi connectivity index (χ4n) is 5.22. The summed E-state index contributed by atoms with van der Waals surface area (Å²) in [6, 6.07) is 21.4. The number of benzene rings is 3. The minimum atomic E-state index is -0.975. The Hall–Kier alpha value is -4.76. The van der Waals surface area contributed by atoms with Crippen molar-refractivity contribution in [1.29, 1.82) is 0 Å². The van der Waals surface area contributed by atoms with Gasteiger partial charge < -0.3 is 14.6 Å². The zero-order valence-electron chi connectivity index (χ0n) is 26.2. The van der Waals surface area contributed by atoms with Crippen molar-refractivity contribution in [3.8, 4) is 5.75 Å². The second kappa shape index (κ2) is 12.7. The number of rotatable bonds is 8. The van der Waals surface area contributed by atoms with E-state index < -0.39 is 23.7 Å². The Morgan fingerprint density at radius 2 is 1.69 bits per heavy atom. The highest BCUT2D eigenvalue weighted by atomic mass is 32.1. The summed E-state index contributed by atoms with van der Waals surface area (Å²) in [6.45, 7) is 12.2. The molecule has 0 aliphatic carbocycles. The number of ketones is 1. The Morgan fingerprint density at radius 1 is 1.00 bits per heavy atom. The Kier molecular flexibility index (Phi) is 8.93. The third-order valence-corrected chi connectivity index (χ3v) is 8.74. The number of aliphatic hydroxyl groups excluding tert-OH is 1. The summed E-state index contributed by atoms with van der Waals surface area (Å²) in [5.74, 6) is -1.96. The SMILES string of the molecule is CCOC(=O)c1sc(N2C(=O)C(=O)/C(=C(/O)c3ccc(OCc4cccc(C)c4)cc3)C2c2ccc(C(C)(C)C)cc2)nc1C. The van der Waals surface area contributed by atoms with Crippen LogP contribution in [0.1, 0.15) is 76.9 Å². The second-order valence-electron chi connectivity index (χ2n) is 12.0. The summed E-state index contributed by atoms with van der Waals surface area (Å²) in [4.78, 5) is 45.9. The van der Waals surface area contributed by atoms with E-state index in [-0.39, 0.29) is 33.4 Å². The Labute approximate surface area is 267 Å². The molecule has 232 valence electrons. The van der Waals surface area contributed by atoms with Gasteiger partial charge in [0, 0.05) is 5.56 Å². The predicted molar refractivity (Wildman–Crippen MR) is 175 cm³/mol. The molecule has 0 radical (unpaired) electrons. The van der Waals surface area contributed by atoms with E-state index in [2.05, 4.69) is 25.8 Å². The number of Topliss-reactive ketones (excluding diaryl/α,β-unsaturated/α-hetero) is 1. The minimum Gasteiger partial charge on any atom is -0.507 e. The highest BCUT2D eigenvalue weighted by Gasteiger charge is 2.48. The minimum absolute atomic E-state index is 0.0672. The quantitative estimate of drug-likeness (QED) is 0.0940. The van der Waals surface area contributed by atoms with Crippen LogP contribution in [0.15, 0.2) is 78.4 Å². The van der Waals surface area contributed by atoms with Crippen LogP contribution in [0.3, 0.4) is 0 Å². The van der Waals surface area contributed by atoms with Crippen LogP contribution in [-0.4, -0.2) is 34.4 Å². The number of esters is 1. The summed E-state index contributed by atoms with van der Waals surface area (Å²) in [5.41, 5.74) is 4.41. The van der Waals surface area contributed by atoms with E-state index in [1.807, 2.05) is 55.5 Å². The molecule has 1 aromatic heterocycles. The molecule has 0 saturated carbocycles. The standard InChI is InChI=1S/C36H36N2O6S/c1-7-43-34(42)32-22(3)37-35(45-32)38-29(24-11-15-26(16-12-24)36(4,5)6)28(31(40)33(38)41)30(39)25-13-17-27(18-14-25)44-20-23-10-8-9-21(2)19-23/h8-19,29,39H,7,20H2,1-6H3/b30-28+. The first-order valence-corrected chi connectivity index (χ1v) is 15.6. The van der Waals surface area contributed by atoms with E-state index in [9.17, 15) is 19.5 Å². The summed E-state index contributed by atoms with van der Waals surface area (Å²) in [6.07, 6.45) is 0. The molecule has 1 fully saturated rings. The first-order valence-electron chi connectivity index (χ1n) is 14.7. The molecule has 1 amide bonds. The topological polar surface area (TPSA) is 106 Å². The number of aromatic nitrogens is 1. The van der Waals surface area contributed by atoms with Gasteiger partial charge in [-0.3, -0.25) is 14.5 Å². The van der Waals surface area contributed by atoms with Crippen molar-refractivity contribution >= 4 is 39.9 Å². The molecule has 1 N–H and O–H groups in total. The Bertz CT molecular complexity index is 1780. The van der Waals surface area contributed by atoms with Crippen molar-refractivity contribution in [2.45, 2.75) is 59.6 Å². The van der Waals surface area contributed by atoms with Crippen LogP contribution in [0.2, 0.25) is 0 Å². The molecule has 9 heteroatoms. The van der Waals surface area contributed by atoms with Crippen LogP contribution >= 0.6 is 11.3 Å². The average molecular weight is 625 g/mol. The van der Waals surface area contributed by atoms with Gasteiger partial charge in [0.2, 0.25) is 0 Å². The molecular formula is C36H36N2O6S. The molecule has 45 heavy (non-hydrogen) atoms. The van der Waals surface area contributed by atoms with Crippen LogP contribution in [0.25, 0.3) is 5.76 Å². The van der Waals surface area contributed by atoms with Gasteiger partial charge in [0.25, 0.3) is 5.78 Å². The fraction of sp³-hybridized carbons (Fsp3) is 0.278. The van der Waals surface area contributed by atoms with Gasteiger partial charge in [-0.05, 0) is 67.1 Å². The third kappa shape index (κ3) is 6.54. The molecule has 1 atom stereocenters. The molecule has 1 unspecified atom stereocenters. The van der Waals surface area contributed by atoms with Crippen LogP contribution < -0.4 is 9.64 Å². The Morgan fingerprint density at radius 3 is 2.31 bits per heavy atom. The number of anilines is 1. The number of carbonyl (C=O) groups is 3. The fourth-order valence-corrected chi connectivity index (χ4v) is 6.20. The molecule has 8 nitrogen and oxygen atoms in total. The van der Waals surface area contributed by atoms with Gasteiger partial charge in [-0.25, -0.2) is 9.78 Å². The normalized spacial score (nSPS) is 16.2. The second-order valence-corrected chi connectivity index (χ2v) is 13.0. The molecule has 2 heterocycles. The molecule has 1 saturated heterocycles. The van der Waals surface area contributed by atoms with Gasteiger partial charge in [0.1, 0.15) is 23.0 Å². The zero-order chi connectivity index (χ0) is 32.5. The number of ether oxygens (including phenoxy) is 2. The maximum Gasteiger partial charge on any atom is 0.350 e. The maximum absolute atomic E-state index is 13.6. The average Bonchev–Trinajstić information content (AvgIpc) is 3.52. The monoisotopic (exact) mass is 624 g/mol. The highest BCUT2D eigenvalue weighted by molar-refractivity contribution is 7.17. The third-order valence-electron chi connectivity index (χ3n) is 7.60. The lowest BCUT2D eigenvalue weighted by molar-refractivity contribution is -0.132. The van der Waals surface area contributed by atoms with Gasteiger partial charge in [-0.2, -0.15) is 0 Å².